The van der Waals surface area contributed by atoms with Crippen LogP contribution in [-0.2, 0) is 0 Å². The van der Waals surface area contributed by atoms with E-state index in [1.807, 2.05) is 0 Å². The van der Waals surface area contributed by atoms with Crippen molar-refractivity contribution in [1.82, 2.24) is 10.6 Å². The minimum absolute atomic E-state index is 0.615. The fraction of sp³-hybridized carbons (Fsp3) is 1.00. The average molecular weight is 240 g/mol. The smallest absolute Gasteiger partial charge is 0.0572 e. The van der Waals surface area contributed by atoms with E-state index in [1.165, 1.54) is 70.6 Å². The summed E-state index contributed by atoms with van der Waals surface area (Å²) in [7, 11) is 0. The van der Waals surface area contributed by atoms with Crippen molar-refractivity contribution in [2.75, 3.05) is 13.1 Å². The van der Waals surface area contributed by atoms with Crippen LogP contribution in [0.15, 0.2) is 0 Å². The van der Waals surface area contributed by atoms with Gasteiger partial charge in [-0.25, -0.2) is 0 Å². The molecule has 0 bridgehead atoms. The first-order valence-corrected chi connectivity index (χ1v) is 7.90. The lowest BCUT2D eigenvalue weighted by atomic mass is 10.1. The Labute approximate surface area is 108 Å². The zero-order valence-electron chi connectivity index (χ0n) is 11.8. The van der Waals surface area contributed by atoms with Crippen molar-refractivity contribution in [3.63, 3.8) is 0 Å². The second kappa shape index (κ2) is 11.0. The lowest BCUT2D eigenvalue weighted by Gasteiger charge is -2.09. The lowest BCUT2D eigenvalue weighted by molar-refractivity contribution is 0.471. The summed E-state index contributed by atoms with van der Waals surface area (Å²) in [6.07, 6.45) is 16.3. The van der Waals surface area contributed by atoms with Crippen molar-refractivity contribution in [2.24, 2.45) is 0 Å². The summed E-state index contributed by atoms with van der Waals surface area (Å²) >= 11 is 0. The van der Waals surface area contributed by atoms with E-state index in [2.05, 4.69) is 17.6 Å². The normalized spacial score (nSPS) is 16.8. The molecule has 1 heterocycles. The highest BCUT2D eigenvalue weighted by molar-refractivity contribution is 4.72. The Morgan fingerprint density at radius 2 is 1.18 bits per heavy atom. The van der Waals surface area contributed by atoms with Crippen LogP contribution in [-0.4, -0.2) is 19.3 Å². The molecule has 0 unspecified atom stereocenters. The van der Waals surface area contributed by atoms with Gasteiger partial charge in [-0.1, -0.05) is 71.1 Å². The van der Waals surface area contributed by atoms with Gasteiger partial charge in [0.05, 0.1) is 6.17 Å². The minimum Gasteiger partial charge on any atom is -0.301 e. The summed E-state index contributed by atoms with van der Waals surface area (Å²) in [6, 6.07) is 0. The summed E-state index contributed by atoms with van der Waals surface area (Å²) in [5.41, 5.74) is 0. The van der Waals surface area contributed by atoms with Crippen molar-refractivity contribution >= 4 is 0 Å². The Morgan fingerprint density at radius 3 is 1.71 bits per heavy atom. The van der Waals surface area contributed by atoms with E-state index in [1.54, 1.807) is 0 Å². The molecule has 2 heteroatoms. The van der Waals surface area contributed by atoms with Gasteiger partial charge in [-0.3, -0.25) is 0 Å². The number of hydrogen-bond acceptors (Lipinski definition) is 2. The quantitative estimate of drug-likeness (QED) is 0.537. The van der Waals surface area contributed by atoms with E-state index in [0.29, 0.717) is 6.17 Å². The summed E-state index contributed by atoms with van der Waals surface area (Å²) < 4.78 is 0. The number of hydrogen-bond donors (Lipinski definition) is 2. The number of unbranched alkanes of at least 4 members (excludes halogenated alkanes) is 9. The first kappa shape index (κ1) is 15.0. The second-order valence-electron chi connectivity index (χ2n) is 5.43. The molecule has 0 aliphatic carbocycles. The van der Waals surface area contributed by atoms with E-state index in [0.717, 1.165) is 13.1 Å². The van der Waals surface area contributed by atoms with E-state index < -0.39 is 0 Å². The first-order valence-electron chi connectivity index (χ1n) is 7.90. The molecule has 0 spiro atoms. The molecule has 0 saturated carbocycles. The maximum Gasteiger partial charge on any atom is 0.0572 e. The van der Waals surface area contributed by atoms with Gasteiger partial charge in [-0.05, 0) is 6.42 Å². The van der Waals surface area contributed by atoms with Crippen molar-refractivity contribution in [1.29, 1.82) is 0 Å². The van der Waals surface area contributed by atoms with Crippen LogP contribution in [0, 0.1) is 0 Å². The van der Waals surface area contributed by atoms with Crippen molar-refractivity contribution in [3.8, 4) is 0 Å². The first-order chi connectivity index (χ1) is 8.43. The molecule has 1 aliphatic rings. The second-order valence-corrected chi connectivity index (χ2v) is 5.43. The van der Waals surface area contributed by atoms with Crippen LogP contribution < -0.4 is 10.6 Å². The molecule has 0 aromatic heterocycles. The van der Waals surface area contributed by atoms with Crippen LogP contribution in [0.2, 0.25) is 0 Å². The van der Waals surface area contributed by atoms with Crippen molar-refractivity contribution in [3.05, 3.63) is 0 Å². The molecule has 1 aliphatic heterocycles. The average Bonchev–Trinajstić information content (AvgIpc) is 2.85. The minimum atomic E-state index is 0.615. The monoisotopic (exact) mass is 240 g/mol. The van der Waals surface area contributed by atoms with E-state index >= 15 is 0 Å². The molecule has 0 aromatic carbocycles. The van der Waals surface area contributed by atoms with Crippen LogP contribution in [0.1, 0.15) is 77.6 Å². The summed E-state index contributed by atoms with van der Waals surface area (Å²) in [4.78, 5) is 0. The van der Waals surface area contributed by atoms with E-state index in [9.17, 15) is 0 Å². The molecule has 2 nitrogen and oxygen atoms in total. The Morgan fingerprint density at radius 1 is 0.706 bits per heavy atom. The molecule has 102 valence electrons. The van der Waals surface area contributed by atoms with Gasteiger partial charge in [0.15, 0.2) is 0 Å². The molecule has 0 radical (unpaired) electrons. The summed E-state index contributed by atoms with van der Waals surface area (Å²) in [5.74, 6) is 0. The van der Waals surface area contributed by atoms with Crippen molar-refractivity contribution < 1.29 is 0 Å². The van der Waals surface area contributed by atoms with Gasteiger partial charge in [-0.15, -0.1) is 0 Å². The van der Waals surface area contributed by atoms with Gasteiger partial charge in [0, 0.05) is 13.1 Å². The zero-order chi connectivity index (χ0) is 12.2. The van der Waals surface area contributed by atoms with E-state index in [-0.39, 0.29) is 0 Å². The molecule has 0 amide bonds. The van der Waals surface area contributed by atoms with Gasteiger partial charge >= 0.3 is 0 Å². The largest absolute Gasteiger partial charge is 0.301 e. The molecule has 1 rings (SSSR count). The third-order valence-electron chi connectivity index (χ3n) is 3.75. The topological polar surface area (TPSA) is 24.1 Å². The fourth-order valence-electron chi connectivity index (χ4n) is 2.60. The molecule has 0 atom stereocenters. The molecular formula is C15H32N2. The Bertz CT molecular complexity index is 153. The highest BCUT2D eigenvalue weighted by Gasteiger charge is 2.11. The highest BCUT2D eigenvalue weighted by atomic mass is 15.2. The van der Waals surface area contributed by atoms with E-state index in [4.69, 9.17) is 0 Å². The SMILES string of the molecule is CCCCCCCCCCCCC1NCCN1. The molecule has 0 aromatic rings. The van der Waals surface area contributed by atoms with Crippen molar-refractivity contribution in [2.45, 2.75) is 83.7 Å². The highest BCUT2D eigenvalue weighted by Crippen LogP contribution is 2.11. The van der Waals surface area contributed by atoms with Crippen LogP contribution >= 0.6 is 0 Å². The summed E-state index contributed by atoms with van der Waals surface area (Å²) in [6.45, 7) is 4.60. The predicted octanol–water partition coefficient (Wildman–Crippen LogP) is 3.82. The van der Waals surface area contributed by atoms with Crippen LogP contribution in [0.25, 0.3) is 0 Å². The van der Waals surface area contributed by atoms with Gasteiger partial charge in [0.25, 0.3) is 0 Å². The molecule has 1 saturated heterocycles. The number of nitrogens with one attached hydrogen (secondary N) is 2. The Balaban J connectivity index is 1.69. The van der Waals surface area contributed by atoms with Crippen LogP contribution in [0.3, 0.4) is 0 Å². The Kier molecular flexibility index (Phi) is 9.72. The lowest BCUT2D eigenvalue weighted by Crippen LogP contribution is -2.30. The molecule has 17 heavy (non-hydrogen) atoms. The van der Waals surface area contributed by atoms with Gasteiger partial charge < -0.3 is 10.6 Å². The van der Waals surface area contributed by atoms with Gasteiger partial charge in [0.1, 0.15) is 0 Å². The Hall–Kier alpha value is -0.0800. The van der Waals surface area contributed by atoms with Gasteiger partial charge in [-0.2, -0.15) is 0 Å². The summed E-state index contributed by atoms with van der Waals surface area (Å²) in [5, 5.41) is 6.95. The third kappa shape index (κ3) is 8.62. The molecule has 2 N–H and O–H groups in total. The van der Waals surface area contributed by atoms with Gasteiger partial charge in [0.2, 0.25) is 0 Å². The van der Waals surface area contributed by atoms with Crippen LogP contribution in [0.4, 0.5) is 0 Å². The third-order valence-corrected chi connectivity index (χ3v) is 3.75. The molecular weight excluding hydrogens is 208 g/mol. The zero-order valence-corrected chi connectivity index (χ0v) is 11.8. The maximum atomic E-state index is 3.48. The standard InChI is InChI=1S/C15H32N2/c1-2-3-4-5-6-7-8-9-10-11-12-15-16-13-14-17-15/h15-17H,2-14H2,1H3. The van der Waals surface area contributed by atoms with Crippen LogP contribution in [0.5, 0.6) is 0 Å². The fourth-order valence-corrected chi connectivity index (χ4v) is 2.60. The number of rotatable bonds is 11. The predicted molar refractivity (Wildman–Crippen MR) is 76.3 cm³/mol. The maximum absolute atomic E-state index is 3.48. The molecule has 1 fully saturated rings.